The Kier molecular flexibility index (Phi) is 10.2. The summed E-state index contributed by atoms with van der Waals surface area (Å²) in [5.41, 5.74) is 7.18. The fourth-order valence-corrected chi connectivity index (χ4v) is 7.82. The Hall–Kier alpha value is -3.76. The number of nitrogens with zero attached hydrogens (tertiary/aromatic N) is 2. The second kappa shape index (κ2) is 14.4. The normalized spacial score (nSPS) is 16.7. The smallest absolute Gasteiger partial charge is 0.385 e. The molecule has 2 fully saturated rings. The highest BCUT2D eigenvalue weighted by molar-refractivity contribution is 7.85. The highest BCUT2D eigenvalue weighted by Crippen LogP contribution is 2.42. The molecule has 48 heavy (non-hydrogen) atoms. The van der Waals surface area contributed by atoms with E-state index in [0.29, 0.717) is 11.1 Å². The van der Waals surface area contributed by atoms with Gasteiger partial charge in [-0.25, -0.2) is 0 Å². The number of anilines is 3. The minimum atomic E-state index is -4.52. The molecule has 0 aliphatic carbocycles. The third kappa shape index (κ3) is 7.92. The number of fused-ring (bicyclic) bond motifs is 1. The lowest BCUT2D eigenvalue weighted by molar-refractivity contribution is -0.134. The van der Waals surface area contributed by atoms with Crippen LogP contribution < -0.4 is 15.1 Å². The third-order valence-corrected chi connectivity index (χ3v) is 10.7. The van der Waals surface area contributed by atoms with Gasteiger partial charge in [0, 0.05) is 67.5 Å². The summed E-state index contributed by atoms with van der Waals surface area (Å²) in [5, 5.41) is 4.37. The van der Waals surface area contributed by atoms with Crippen molar-refractivity contribution < 1.29 is 26.1 Å². The summed E-state index contributed by atoms with van der Waals surface area (Å²) in [6.07, 6.45) is 1.92. The summed E-state index contributed by atoms with van der Waals surface area (Å²) in [7, 11) is -4.52. The van der Waals surface area contributed by atoms with Crippen molar-refractivity contribution in [3.63, 3.8) is 0 Å². The molecule has 0 amide bonds. The van der Waals surface area contributed by atoms with Gasteiger partial charge in [0.2, 0.25) is 0 Å². The van der Waals surface area contributed by atoms with Gasteiger partial charge in [-0.15, -0.1) is 0 Å². The average molecular weight is 680 g/mol. The van der Waals surface area contributed by atoms with E-state index in [2.05, 4.69) is 64.5 Å². The van der Waals surface area contributed by atoms with Crippen molar-refractivity contribution in [2.75, 3.05) is 47.8 Å². The number of piperidine rings is 2. The number of nitrogens with one attached hydrogen (secondary N) is 1. The van der Waals surface area contributed by atoms with Crippen LogP contribution in [0.5, 0.6) is 0 Å². The Morgan fingerprint density at radius 1 is 0.750 bits per heavy atom. The van der Waals surface area contributed by atoms with Crippen molar-refractivity contribution in [2.45, 2.75) is 75.3 Å². The van der Waals surface area contributed by atoms with Gasteiger partial charge < -0.3 is 15.1 Å². The van der Waals surface area contributed by atoms with Crippen LogP contribution >= 0.6 is 0 Å². The molecule has 0 spiro atoms. The van der Waals surface area contributed by atoms with Gasteiger partial charge in [0.25, 0.3) is 10.1 Å². The van der Waals surface area contributed by atoms with Gasteiger partial charge in [-0.3, -0.25) is 4.55 Å². The minimum absolute atomic E-state index is 0.0581. The quantitative estimate of drug-likeness (QED) is 0.0989. The second-order valence-corrected chi connectivity index (χ2v) is 14.6. The van der Waals surface area contributed by atoms with Gasteiger partial charge in [-0.2, -0.15) is 21.6 Å². The third-order valence-electron chi connectivity index (χ3n) is 9.82. The summed E-state index contributed by atoms with van der Waals surface area (Å²) in [6, 6.07) is 23.6. The lowest BCUT2D eigenvalue weighted by Gasteiger charge is -2.31. The molecule has 6 rings (SSSR count). The summed E-state index contributed by atoms with van der Waals surface area (Å²) in [5.74, 6) is -0.214. The number of halogens is 3. The summed E-state index contributed by atoms with van der Waals surface area (Å²) in [4.78, 5) is 4.59. The molecule has 10 heteroatoms. The van der Waals surface area contributed by atoms with Crippen LogP contribution in [0.15, 0.2) is 77.7 Å². The highest BCUT2D eigenvalue weighted by Gasteiger charge is 2.27. The molecule has 2 heterocycles. The molecule has 2 aliphatic rings. The largest absolute Gasteiger partial charge is 0.389 e. The maximum absolute atomic E-state index is 12.8. The lowest BCUT2D eigenvalue weighted by Crippen LogP contribution is -2.29. The van der Waals surface area contributed by atoms with E-state index in [-0.39, 0.29) is 23.8 Å². The van der Waals surface area contributed by atoms with Crippen LogP contribution in [0.1, 0.15) is 79.5 Å². The maximum Gasteiger partial charge on any atom is 0.389 e. The van der Waals surface area contributed by atoms with E-state index in [4.69, 9.17) is 0 Å². The first kappa shape index (κ1) is 34.1. The standard InChI is InChI=1S/C38H44F3N3O3S/c1-27-25-30(44-23-6-3-7-24-44)13-15-32(27)37(28-9-11-29(12-10-28)43-21-4-2-5-22-43)34-17-18-36(42-20-8-19-38(39,40)41)35-26-31(48(45,46)47)14-16-33(34)35/h9-18,25-26,37,42H,2-8,19-24H2,1H3,(H,45,46,47). The van der Waals surface area contributed by atoms with Crippen LogP contribution in [0.2, 0.25) is 0 Å². The molecule has 6 nitrogen and oxygen atoms in total. The van der Waals surface area contributed by atoms with Crippen LogP contribution in [-0.2, 0) is 10.1 Å². The van der Waals surface area contributed by atoms with Crippen LogP contribution in [0, 0.1) is 6.92 Å². The summed E-state index contributed by atoms with van der Waals surface area (Å²) < 4.78 is 72.8. The molecular weight excluding hydrogens is 635 g/mol. The van der Waals surface area contributed by atoms with Gasteiger partial charge in [0.15, 0.2) is 0 Å². The monoisotopic (exact) mass is 679 g/mol. The molecule has 1 atom stereocenters. The fourth-order valence-electron chi connectivity index (χ4n) is 7.32. The topological polar surface area (TPSA) is 72.9 Å². The predicted molar refractivity (Wildman–Crippen MR) is 188 cm³/mol. The average Bonchev–Trinajstić information content (AvgIpc) is 3.08. The van der Waals surface area contributed by atoms with Crippen molar-refractivity contribution in [3.8, 4) is 0 Å². The molecule has 0 radical (unpaired) electrons. The lowest BCUT2D eigenvalue weighted by atomic mass is 9.80. The van der Waals surface area contributed by atoms with E-state index >= 15 is 0 Å². The molecular formula is C38H44F3N3O3S. The Balaban J connectivity index is 1.45. The first-order valence-corrected chi connectivity index (χ1v) is 18.5. The van der Waals surface area contributed by atoms with E-state index in [0.717, 1.165) is 53.8 Å². The van der Waals surface area contributed by atoms with E-state index in [1.165, 1.54) is 62.0 Å². The highest BCUT2D eigenvalue weighted by atomic mass is 32.2. The van der Waals surface area contributed by atoms with Gasteiger partial charge in [-0.1, -0.05) is 30.3 Å². The zero-order chi connectivity index (χ0) is 33.9. The maximum atomic E-state index is 12.8. The predicted octanol–water partition coefficient (Wildman–Crippen LogP) is 9.31. The number of aryl methyl sites for hydroxylation is 1. The van der Waals surface area contributed by atoms with Crippen LogP contribution in [0.25, 0.3) is 10.8 Å². The first-order valence-electron chi connectivity index (χ1n) is 17.0. The number of hydrogen-bond donors (Lipinski definition) is 2. The number of alkyl halides is 3. The van der Waals surface area contributed by atoms with Crippen molar-refractivity contribution >= 4 is 38.0 Å². The molecule has 2 N–H and O–H groups in total. The Morgan fingerprint density at radius 3 is 1.96 bits per heavy atom. The molecule has 256 valence electrons. The summed E-state index contributed by atoms with van der Waals surface area (Å²) >= 11 is 0. The Labute approximate surface area is 281 Å². The Morgan fingerprint density at radius 2 is 1.35 bits per heavy atom. The van der Waals surface area contributed by atoms with Gasteiger partial charge >= 0.3 is 6.18 Å². The minimum Gasteiger partial charge on any atom is -0.385 e. The molecule has 0 aromatic heterocycles. The molecule has 2 saturated heterocycles. The van der Waals surface area contributed by atoms with E-state index in [9.17, 15) is 26.1 Å². The zero-order valence-electron chi connectivity index (χ0n) is 27.4. The molecule has 0 saturated carbocycles. The first-order chi connectivity index (χ1) is 23.0. The van der Waals surface area contributed by atoms with Crippen LogP contribution in [-0.4, -0.2) is 51.9 Å². The molecule has 0 bridgehead atoms. The summed E-state index contributed by atoms with van der Waals surface area (Å²) in [6.45, 7) is 6.35. The van der Waals surface area contributed by atoms with E-state index < -0.39 is 22.7 Å². The van der Waals surface area contributed by atoms with E-state index in [1.54, 1.807) is 6.07 Å². The number of rotatable bonds is 10. The van der Waals surface area contributed by atoms with Crippen molar-refractivity contribution in [1.82, 2.24) is 0 Å². The van der Waals surface area contributed by atoms with Crippen LogP contribution in [0.4, 0.5) is 30.2 Å². The molecule has 4 aromatic rings. The van der Waals surface area contributed by atoms with Crippen molar-refractivity contribution in [1.29, 1.82) is 0 Å². The molecule has 1 unspecified atom stereocenters. The van der Waals surface area contributed by atoms with Gasteiger partial charge in [-0.05, 0) is 122 Å². The number of hydrogen-bond acceptors (Lipinski definition) is 5. The van der Waals surface area contributed by atoms with Gasteiger partial charge in [0.05, 0.1) is 4.90 Å². The van der Waals surface area contributed by atoms with Crippen molar-refractivity contribution in [2.24, 2.45) is 0 Å². The molecule has 2 aliphatic heterocycles. The zero-order valence-corrected chi connectivity index (χ0v) is 28.2. The Bertz CT molecular complexity index is 1830. The number of benzene rings is 4. The SMILES string of the molecule is Cc1cc(N2CCCCC2)ccc1C(c1ccc(N2CCCCC2)cc1)c1ccc(NCCCC(F)(F)F)c2cc(S(=O)(=O)O)ccc12. The van der Waals surface area contributed by atoms with Gasteiger partial charge in [0.1, 0.15) is 0 Å². The van der Waals surface area contributed by atoms with Crippen molar-refractivity contribution in [3.05, 3.63) is 95.1 Å². The van der Waals surface area contributed by atoms with Crippen LogP contribution in [0.3, 0.4) is 0 Å². The fraction of sp³-hybridized carbons (Fsp3) is 0.421. The van der Waals surface area contributed by atoms with E-state index in [1.807, 2.05) is 12.1 Å². The molecule has 4 aromatic carbocycles. The second-order valence-electron chi connectivity index (χ2n) is 13.2.